The highest BCUT2D eigenvalue weighted by Crippen LogP contribution is 2.23. The molecule has 0 spiro atoms. The lowest BCUT2D eigenvalue weighted by Gasteiger charge is -2.18. The molecular weight excluding hydrogens is 368 g/mol. The first-order valence-electron chi connectivity index (χ1n) is 8.90. The lowest BCUT2D eigenvalue weighted by Crippen LogP contribution is -2.31. The van der Waals surface area contributed by atoms with Crippen LogP contribution in [0.1, 0.15) is 0 Å². The summed E-state index contributed by atoms with van der Waals surface area (Å²) in [5.74, 6) is 4.58. The normalized spacial score (nSPS) is 9.93. The van der Waals surface area contributed by atoms with Gasteiger partial charge >= 0.3 is 0 Å². The molecule has 1 amide bonds. The molecule has 6 heteroatoms. The van der Waals surface area contributed by atoms with Gasteiger partial charge in [0.1, 0.15) is 23.9 Å². The average molecular weight is 388 g/mol. The van der Waals surface area contributed by atoms with Crippen LogP contribution in [0.3, 0.4) is 0 Å². The highest BCUT2D eigenvalue weighted by atomic mass is 16.5. The SMILES string of the molecule is C#CCOc1ccc(N(C)C(=O)COc2ccc(Oc3ccccn3)cc2)cc1. The first kappa shape index (κ1) is 19.8. The van der Waals surface area contributed by atoms with E-state index >= 15 is 0 Å². The van der Waals surface area contributed by atoms with Gasteiger partial charge in [-0.25, -0.2) is 4.98 Å². The van der Waals surface area contributed by atoms with Gasteiger partial charge in [-0.2, -0.15) is 0 Å². The third-order valence-electron chi connectivity index (χ3n) is 3.97. The van der Waals surface area contributed by atoms with E-state index in [1.54, 1.807) is 67.8 Å². The highest BCUT2D eigenvalue weighted by Gasteiger charge is 2.12. The van der Waals surface area contributed by atoms with Gasteiger partial charge in [-0.05, 0) is 54.6 Å². The molecule has 1 aromatic heterocycles. The van der Waals surface area contributed by atoms with Gasteiger partial charge in [0, 0.05) is 25.0 Å². The van der Waals surface area contributed by atoms with Crippen molar-refractivity contribution in [3.8, 4) is 35.5 Å². The van der Waals surface area contributed by atoms with Gasteiger partial charge in [0.2, 0.25) is 5.88 Å². The van der Waals surface area contributed by atoms with E-state index < -0.39 is 0 Å². The highest BCUT2D eigenvalue weighted by molar-refractivity contribution is 5.93. The summed E-state index contributed by atoms with van der Waals surface area (Å²) < 4.78 is 16.5. The van der Waals surface area contributed by atoms with Crippen molar-refractivity contribution in [3.63, 3.8) is 0 Å². The van der Waals surface area contributed by atoms with Gasteiger partial charge in [-0.1, -0.05) is 12.0 Å². The summed E-state index contributed by atoms with van der Waals surface area (Å²) in [5, 5.41) is 0. The maximum Gasteiger partial charge on any atom is 0.264 e. The van der Waals surface area contributed by atoms with Crippen molar-refractivity contribution in [3.05, 3.63) is 72.9 Å². The van der Waals surface area contributed by atoms with Crippen LogP contribution in [-0.4, -0.2) is 31.2 Å². The minimum absolute atomic E-state index is 0.0910. The average Bonchev–Trinajstić information content (AvgIpc) is 2.77. The van der Waals surface area contributed by atoms with Crippen LogP contribution in [0.15, 0.2) is 72.9 Å². The summed E-state index contributed by atoms with van der Waals surface area (Å²) in [6.07, 6.45) is 6.83. The van der Waals surface area contributed by atoms with Gasteiger partial charge in [0.05, 0.1) is 0 Å². The Morgan fingerprint density at radius 1 is 0.966 bits per heavy atom. The summed E-state index contributed by atoms with van der Waals surface area (Å²) in [4.78, 5) is 18.0. The quantitative estimate of drug-likeness (QED) is 0.547. The van der Waals surface area contributed by atoms with Crippen molar-refractivity contribution < 1.29 is 19.0 Å². The van der Waals surface area contributed by atoms with Gasteiger partial charge in [-0.3, -0.25) is 4.79 Å². The molecule has 0 fully saturated rings. The van der Waals surface area contributed by atoms with Crippen LogP contribution in [0.25, 0.3) is 0 Å². The lowest BCUT2D eigenvalue weighted by atomic mass is 10.3. The van der Waals surface area contributed by atoms with Crippen LogP contribution in [0.5, 0.6) is 23.1 Å². The molecule has 0 saturated carbocycles. The number of benzene rings is 2. The molecule has 3 rings (SSSR count). The third kappa shape index (κ3) is 5.75. The minimum atomic E-state index is -0.184. The van der Waals surface area contributed by atoms with Crippen molar-refractivity contribution in [2.24, 2.45) is 0 Å². The Bertz CT molecular complexity index is 965. The summed E-state index contributed by atoms with van der Waals surface area (Å²) >= 11 is 0. The molecule has 29 heavy (non-hydrogen) atoms. The van der Waals surface area contributed by atoms with E-state index in [0.29, 0.717) is 23.1 Å². The molecule has 0 unspecified atom stereocenters. The van der Waals surface area contributed by atoms with E-state index in [4.69, 9.17) is 20.6 Å². The largest absolute Gasteiger partial charge is 0.484 e. The monoisotopic (exact) mass is 388 g/mol. The van der Waals surface area contributed by atoms with Crippen LogP contribution in [0, 0.1) is 12.3 Å². The number of hydrogen-bond acceptors (Lipinski definition) is 5. The van der Waals surface area contributed by atoms with Crippen molar-refractivity contribution in [1.82, 2.24) is 4.98 Å². The first-order chi connectivity index (χ1) is 14.2. The maximum atomic E-state index is 12.4. The van der Waals surface area contributed by atoms with Gasteiger partial charge in [0.25, 0.3) is 5.91 Å². The third-order valence-corrected chi connectivity index (χ3v) is 3.97. The number of aromatic nitrogens is 1. The molecule has 0 saturated heterocycles. The molecule has 0 aliphatic rings. The van der Waals surface area contributed by atoms with E-state index in [0.717, 1.165) is 5.69 Å². The zero-order valence-electron chi connectivity index (χ0n) is 15.9. The second-order valence-corrected chi connectivity index (χ2v) is 5.97. The molecule has 6 nitrogen and oxygen atoms in total. The zero-order valence-corrected chi connectivity index (χ0v) is 15.9. The number of ether oxygens (including phenoxy) is 3. The Hall–Kier alpha value is -3.98. The summed E-state index contributed by atoms with van der Waals surface area (Å²) in [6, 6.07) is 19.5. The maximum absolute atomic E-state index is 12.4. The molecule has 0 N–H and O–H groups in total. The van der Waals surface area contributed by atoms with Gasteiger partial charge in [0.15, 0.2) is 6.61 Å². The van der Waals surface area contributed by atoms with Crippen LogP contribution in [0.4, 0.5) is 5.69 Å². The Morgan fingerprint density at radius 3 is 2.28 bits per heavy atom. The molecule has 0 bridgehead atoms. The Kier molecular flexibility index (Phi) is 6.69. The van der Waals surface area contributed by atoms with Crippen molar-refractivity contribution in [2.75, 3.05) is 25.2 Å². The standard InChI is InChI=1S/C23H20N2O4/c1-3-16-27-19-9-7-18(8-10-19)25(2)23(26)17-28-20-11-13-21(14-12-20)29-22-6-4-5-15-24-22/h1,4-15H,16-17H2,2H3. The predicted octanol–water partition coefficient (Wildman–Crippen LogP) is 3.93. The molecule has 146 valence electrons. The summed E-state index contributed by atoms with van der Waals surface area (Å²) in [5.41, 5.74) is 0.728. The number of terminal acetylenes is 1. The number of amides is 1. The van der Waals surface area contributed by atoms with Gasteiger partial charge in [-0.15, -0.1) is 6.42 Å². The van der Waals surface area contributed by atoms with Crippen LogP contribution in [-0.2, 0) is 4.79 Å². The van der Waals surface area contributed by atoms with E-state index in [1.165, 1.54) is 4.90 Å². The first-order valence-corrected chi connectivity index (χ1v) is 8.90. The van der Waals surface area contributed by atoms with Crippen LogP contribution in [0.2, 0.25) is 0 Å². The Morgan fingerprint density at radius 2 is 1.62 bits per heavy atom. The molecular formula is C23H20N2O4. The number of pyridine rings is 1. The number of carbonyl (C=O) groups excluding carboxylic acids is 1. The number of likely N-dealkylation sites (N-methyl/N-ethyl adjacent to an activating group) is 1. The van der Waals surface area contributed by atoms with Crippen LogP contribution >= 0.6 is 0 Å². The van der Waals surface area contributed by atoms with E-state index in [1.807, 2.05) is 12.1 Å². The number of rotatable bonds is 8. The topological polar surface area (TPSA) is 60.9 Å². The van der Waals surface area contributed by atoms with E-state index in [9.17, 15) is 4.79 Å². The number of carbonyl (C=O) groups is 1. The fraction of sp³-hybridized carbons (Fsp3) is 0.130. The van der Waals surface area contributed by atoms with E-state index in [2.05, 4.69) is 10.9 Å². The molecule has 2 aromatic carbocycles. The fourth-order valence-corrected chi connectivity index (χ4v) is 2.41. The fourth-order valence-electron chi connectivity index (χ4n) is 2.41. The molecule has 0 aliphatic carbocycles. The molecule has 1 heterocycles. The smallest absolute Gasteiger partial charge is 0.264 e. The molecule has 0 radical (unpaired) electrons. The predicted molar refractivity (Wildman–Crippen MR) is 110 cm³/mol. The summed E-state index contributed by atoms with van der Waals surface area (Å²) in [7, 11) is 1.69. The minimum Gasteiger partial charge on any atom is -0.484 e. The lowest BCUT2D eigenvalue weighted by molar-refractivity contribution is -0.120. The van der Waals surface area contributed by atoms with Crippen molar-refractivity contribution in [2.45, 2.75) is 0 Å². The van der Waals surface area contributed by atoms with Crippen molar-refractivity contribution in [1.29, 1.82) is 0 Å². The number of nitrogens with zero attached hydrogens (tertiary/aromatic N) is 2. The number of hydrogen-bond donors (Lipinski definition) is 0. The van der Waals surface area contributed by atoms with Crippen molar-refractivity contribution >= 4 is 11.6 Å². The van der Waals surface area contributed by atoms with Gasteiger partial charge < -0.3 is 19.1 Å². The molecule has 3 aromatic rings. The second kappa shape index (κ2) is 9.81. The van der Waals surface area contributed by atoms with Crippen LogP contribution < -0.4 is 19.1 Å². The Balaban J connectivity index is 1.51. The second-order valence-electron chi connectivity index (χ2n) is 5.97. The zero-order chi connectivity index (χ0) is 20.5. The van der Waals surface area contributed by atoms with E-state index in [-0.39, 0.29) is 19.1 Å². The molecule has 0 aliphatic heterocycles. The Labute approximate surface area is 169 Å². The number of anilines is 1. The summed E-state index contributed by atoms with van der Waals surface area (Å²) in [6.45, 7) is 0.111. The molecule has 0 atom stereocenters.